The number of nitro groups is 1. The molecule has 1 aliphatic heterocycles. The Balaban J connectivity index is 1.36. The fourth-order valence-electron chi connectivity index (χ4n) is 4.64. The molecule has 10 heteroatoms. The minimum absolute atomic E-state index is 0.0758. The van der Waals surface area contributed by atoms with Gasteiger partial charge in [0.05, 0.1) is 24.1 Å². The summed E-state index contributed by atoms with van der Waals surface area (Å²) in [5, 5.41) is 14.4. The summed E-state index contributed by atoms with van der Waals surface area (Å²) in [4.78, 5) is 41.3. The van der Waals surface area contributed by atoms with Crippen LogP contribution in [0.4, 0.5) is 16.4 Å². The third-order valence-corrected chi connectivity index (χ3v) is 7.69. The molecule has 0 saturated carbocycles. The molecule has 182 valence electrons. The minimum Gasteiger partial charge on any atom is -0.465 e. The first-order chi connectivity index (χ1) is 16.5. The average Bonchev–Trinajstić information content (AvgIpc) is 3.14. The van der Waals surface area contributed by atoms with E-state index in [2.05, 4.69) is 15.1 Å². The zero-order chi connectivity index (χ0) is 24.1. The normalized spacial score (nSPS) is 16.8. The summed E-state index contributed by atoms with van der Waals surface area (Å²) < 4.78 is 5.04. The second-order valence-corrected chi connectivity index (χ2v) is 9.80. The lowest BCUT2D eigenvalue weighted by Crippen LogP contribution is -2.48. The molecule has 1 fully saturated rings. The van der Waals surface area contributed by atoms with Gasteiger partial charge in [-0.25, -0.2) is 4.79 Å². The highest BCUT2D eigenvalue weighted by atomic mass is 32.1. The summed E-state index contributed by atoms with van der Waals surface area (Å²) in [7, 11) is 1.38. The van der Waals surface area contributed by atoms with Crippen molar-refractivity contribution >= 4 is 39.6 Å². The summed E-state index contributed by atoms with van der Waals surface area (Å²) in [5.41, 5.74) is 2.59. The van der Waals surface area contributed by atoms with E-state index in [1.165, 1.54) is 41.9 Å². The van der Waals surface area contributed by atoms with E-state index >= 15 is 0 Å². The first-order valence-corrected chi connectivity index (χ1v) is 12.5. The van der Waals surface area contributed by atoms with E-state index in [1.54, 1.807) is 12.1 Å². The molecule has 1 aromatic carbocycles. The van der Waals surface area contributed by atoms with Gasteiger partial charge in [0.1, 0.15) is 5.00 Å². The van der Waals surface area contributed by atoms with Gasteiger partial charge in [0, 0.05) is 48.9 Å². The van der Waals surface area contributed by atoms with Crippen LogP contribution in [-0.4, -0.2) is 61.5 Å². The smallest absolute Gasteiger partial charge is 0.341 e. The summed E-state index contributed by atoms with van der Waals surface area (Å²) in [6.45, 7) is 3.11. The van der Waals surface area contributed by atoms with Crippen molar-refractivity contribution in [2.45, 2.75) is 38.5 Å². The van der Waals surface area contributed by atoms with Gasteiger partial charge >= 0.3 is 5.97 Å². The van der Waals surface area contributed by atoms with Crippen LogP contribution >= 0.6 is 11.3 Å². The predicted octanol–water partition coefficient (Wildman–Crippen LogP) is 3.86. The van der Waals surface area contributed by atoms with Crippen molar-refractivity contribution < 1.29 is 19.2 Å². The predicted molar refractivity (Wildman–Crippen MR) is 132 cm³/mol. The number of carbonyl (C=O) groups excluding carboxylic acids is 2. The quantitative estimate of drug-likeness (QED) is 0.375. The van der Waals surface area contributed by atoms with E-state index < -0.39 is 4.92 Å². The molecule has 1 saturated heterocycles. The third kappa shape index (κ3) is 5.56. The van der Waals surface area contributed by atoms with Crippen molar-refractivity contribution in [2.75, 3.05) is 50.1 Å². The van der Waals surface area contributed by atoms with Gasteiger partial charge < -0.3 is 15.0 Å². The number of anilines is 2. The molecule has 0 spiro atoms. The summed E-state index contributed by atoms with van der Waals surface area (Å²) in [5.74, 6) is -0.520. The Morgan fingerprint density at radius 1 is 1.06 bits per heavy atom. The Bertz CT molecular complexity index is 1040. The zero-order valence-electron chi connectivity index (χ0n) is 19.4. The second-order valence-electron chi connectivity index (χ2n) is 8.70. The molecule has 9 nitrogen and oxygen atoms in total. The molecule has 1 aromatic heterocycles. The number of nitro benzene ring substituents is 1. The number of non-ortho nitro benzene ring substituents is 1. The Morgan fingerprint density at radius 3 is 2.38 bits per heavy atom. The number of nitrogens with zero attached hydrogens (tertiary/aromatic N) is 3. The van der Waals surface area contributed by atoms with E-state index in [0.717, 1.165) is 56.4 Å². The third-order valence-electron chi connectivity index (χ3n) is 6.48. The van der Waals surface area contributed by atoms with Crippen LogP contribution in [0.1, 0.15) is 46.5 Å². The molecular weight excluding hydrogens is 456 g/mol. The van der Waals surface area contributed by atoms with Gasteiger partial charge in [-0.05, 0) is 43.4 Å². The second kappa shape index (κ2) is 11.0. The number of methoxy groups -OCH3 is 1. The van der Waals surface area contributed by atoms with Crippen LogP contribution in [0, 0.1) is 10.1 Å². The molecule has 0 atom stereocenters. The molecule has 0 bridgehead atoms. The first-order valence-electron chi connectivity index (χ1n) is 11.7. The van der Waals surface area contributed by atoms with Crippen molar-refractivity contribution in [3.05, 3.63) is 50.4 Å². The topological polar surface area (TPSA) is 105 Å². The number of ether oxygens (including phenoxy) is 1. The summed E-state index contributed by atoms with van der Waals surface area (Å²) in [6, 6.07) is 6.55. The van der Waals surface area contributed by atoms with Gasteiger partial charge in [-0.2, -0.15) is 0 Å². The summed E-state index contributed by atoms with van der Waals surface area (Å²) >= 11 is 1.51. The van der Waals surface area contributed by atoms with Crippen molar-refractivity contribution in [3.63, 3.8) is 0 Å². The van der Waals surface area contributed by atoms with Crippen LogP contribution in [0.2, 0.25) is 0 Å². The molecule has 0 radical (unpaired) electrons. The SMILES string of the molecule is COC(=O)c1c(NC(=O)CN2CCN(c3ccc([N+](=O)[O-])cc3)CC2)sc2c1CCCCCC2. The number of esters is 1. The Labute approximate surface area is 202 Å². The van der Waals surface area contributed by atoms with Gasteiger partial charge in [0.2, 0.25) is 5.91 Å². The van der Waals surface area contributed by atoms with E-state index in [-0.39, 0.29) is 24.1 Å². The number of aryl methyl sites for hydroxylation is 1. The standard InChI is InChI=1S/C24H30N4O5S/c1-33-24(30)22-19-6-4-2-3-5-7-20(19)34-23(22)25-21(29)16-26-12-14-27(15-13-26)17-8-10-18(11-9-17)28(31)32/h8-11H,2-7,12-16H2,1H3,(H,25,29). The molecule has 1 aliphatic carbocycles. The number of thiophene rings is 1. The maximum atomic E-state index is 12.9. The largest absolute Gasteiger partial charge is 0.465 e. The number of piperazine rings is 1. The van der Waals surface area contributed by atoms with Crippen molar-refractivity contribution in [3.8, 4) is 0 Å². The van der Waals surface area contributed by atoms with Crippen molar-refractivity contribution in [1.29, 1.82) is 0 Å². The minimum atomic E-state index is -0.404. The fraction of sp³-hybridized carbons (Fsp3) is 0.500. The molecule has 2 aromatic rings. The fourth-order valence-corrected chi connectivity index (χ4v) is 5.94. The number of carbonyl (C=O) groups is 2. The average molecular weight is 487 g/mol. The zero-order valence-corrected chi connectivity index (χ0v) is 20.2. The van der Waals surface area contributed by atoms with Crippen LogP contribution < -0.4 is 10.2 Å². The Hall–Kier alpha value is -2.98. The highest BCUT2D eigenvalue weighted by molar-refractivity contribution is 7.17. The number of hydrogen-bond donors (Lipinski definition) is 1. The van der Waals surface area contributed by atoms with Crippen molar-refractivity contribution in [2.24, 2.45) is 0 Å². The number of rotatable bonds is 6. The van der Waals surface area contributed by atoms with Crippen LogP contribution in [0.25, 0.3) is 0 Å². The molecule has 2 aliphatic rings. The van der Waals surface area contributed by atoms with Crippen LogP contribution in [-0.2, 0) is 22.4 Å². The van der Waals surface area contributed by atoms with E-state index in [0.29, 0.717) is 23.7 Å². The number of fused-ring (bicyclic) bond motifs is 1. The highest BCUT2D eigenvalue weighted by Gasteiger charge is 2.27. The summed E-state index contributed by atoms with van der Waals surface area (Å²) in [6.07, 6.45) is 6.27. The molecule has 1 N–H and O–H groups in total. The lowest BCUT2D eigenvalue weighted by atomic mass is 9.96. The first kappa shape index (κ1) is 24.2. The van der Waals surface area contributed by atoms with Crippen LogP contribution in [0.3, 0.4) is 0 Å². The highest BCUT2D eigenvalue weighted by Crippen LogP contribution is 2.37. The van der Waals surface area contributed by atoms with Gasteiger partial charge in [-0.15, -0.1) is 11.3 Å². The Morgan fingerprint density at radius 2 is 1.74 bits per heavy atom. The lowest BCUT2D eigenvalue weighted by Gasteiger charge is -2.35. The monoisotopic (exact) mass is 486 g/mol. The molecule has 2 heterocycles. The van der Waals surface area contributed by atoms with E-state index in [4.69, 9.17) is 4.74 Å². The van der Waals surface area contributed by atoms with Gasteiger partial charge in [-0.3, -0.25) is 19.8 Å². The van der Waals surface area contributed by atoms with Gasteiger partial charge in [0.25, 0.3) is 5.69 Å². The van der Waals surface area contributed by atoms with Gasteiger partial charge in [-0.1, -0.05) is 12.8 Å². The van der Waals surface area contributed by atoms with Gasteiger partial charge in [0.15, 0.2) is 0 Å². The van der Waals surface area contributed by atoms with E-state index in [9.17, 15) is 19.7 Å². The van der Waals surface area contributed by atoms with E-state index in [1.807, 2.05) is 0 Å². The molecular formula is C24H30N4O5S. The lowest BCUT2D eigenvalue weighted by molar-refractivity contribution is -0.384. The number of nitrogens with one attached hydrogen (secondary N) is 1. The number of amides is 1. The molecule has 0 unspecified atom stereocenters. The maximum absolute atomic E-state index is 12.9. The van der Waals surface area contributed by atoms with Crippen LogP contribution in [0.15, 0.2) is 24.3 Å². The number of benzene rings is 1. The maximum Gasteiger partial charge on any atom is 0.341 e. The molecule has 1 amide bonds. The molecule has 34 heavy (non-hydrogen) atoms. The van der Waals surface area contributed by atoms with Crippen LogP contribution in [0.5, 0.6) is 0 Å². The number of hydrogen-bond acceptors (Lipinski definition) is 8. The molecule has 4 rings (SSSR count). The Kier molecular flexibility index (Phi) is 7.79. The van der Waals surface area contributed by atoms with Crippen molar-refractivity contribution in [1.82, 2.24) is 4.90 Å².